The Morgan fingerprint density at radius 2 is 2.38 bits per heavy atom. The first kappa shape index (κ1) is 8.26. The normalized spacial score (nSPS) is 10.8. The molecule has 0 radical (unpaired) electrons. The summed E-state index contributed by atoms with van der Waals surface area (Å²) in [5.41, 5.74) is 7.19. The second-order valence-corrected chi connectivity index (χ2v) is 2.99. The van der Waals surface area contributed by atoms with E-state index in [1.807, 2.05) is 18.2 Å². The van der Waals surface area contributed by atoms with Crippen LogP contribution in [0.25, 0.3) is 11.1 Å². The van der Waals surface area contributed by atoms with Crippen molar-refractivity contribution in [2.24, 2.45) is 5.73 Å². The number of hydrogen-bond donors (Lipinski definition) is 1. The van der Waals surface area contributed by atoms with Crippen LogP contribution < -0.4 is 5.73 Å². The average molecular weight is 176 g/mol. The number of fused-ring (bicyclic) bond motifs is 1. The maximum atomic E-state index is 5.55. The molecule has 0 aliphatic heterocycles. The topological polar surface area (TPSA) is 52.0 Å². The molecule has 68 valence electrons. The Morgan fingerprint density at radius 1 is 1.46 bits per heavy atom. The van der Waals surface area contributed by atoms with Gasteiger partial charge in [0.15, 0.2) is 5.58 Å². The van der Waals surface area contributed by atoms with Crippen LogP contribution >= 0.6 is 0 Å². The summed E-state index contributed by atoms with van der Waals surface area (Å²) in [5, 5.41) is 0. The maximum Gasteiger partial charge on any atom is 0.152 e. The Hall–Kier alpha value is -1.35. The number of rotatable bonds is 3. The number of nitrogens with two attached hydrogens (primary N) is 1. The van der Waals surface area contributed by atoms with Crippen LogP contribution in [-0.2, 0) is 6.42 Å². The summed E-state index contributed by atoms with van der Waals surface area (Å²) in [5.74, 6) is 0.971. The van der Waals surface area contributed by atoms with Gasteiger partial charge >= 0.3 is 0 Å². The molecule has 0 aliphatic rings. The second kappa shape index (κ2) is 3.58. The van der Waals surface area contributed by atoms with Gasteiger partial charge in [0.1, 0.15) is 11.3 Å². The van der Waals surface area contributed by atoms with Crippen LogP contribution in [0.5, 0.6) is 0 Å². The van der Waals surface area contributed by atoms with E-state index in [0.29, 0.717) is 6.54 Å². The van der Waals surface area contributed by atoms with E-state index in [9.17, 15) is 0 Å². The van der Waals surface area contributed by atoms with Gasteiger partial charge in [0.25, 0.3) is 0 Å². The Bertz CT molecular complexity index is 361. The molecule has 2 aromatic rings. The smallest absolute Gasteiger partial charge is 0.152 e. The van der Waals surface area contributed by atoms with Crippen LogP contribution in [0.2, 0.25) is 0 Å². The molecule has 13 heavy (non-hydrogen) atoms. The van der Waals surface area contributed by atoms with Crippen molar-refractivity contribution in [1.82, 2.24) is 4.98 Å². The number of nitrogens with zero attached hydrogens (tertiary/aromatic N) is 1. The summed E-state index contributed by atoms with van der Waals surface area (Å²) < 4.78 is 5.55. The number of furan rings is 1. The molecule has 0 spiro atoms. The number of hydrogen-bond acceptors (Lipinski definition) is 3. The highest BCUT2D eigenvalue weighted by Gasteiger charge is 2.02. The SMILES string of the molecule is NCCCc1cc2ncccc2o1. The van der Waals surface area contributed by atoms with Crippen LogP contribution in [0.4, 0.5) is 0 Å². The fourth-order valence-electron chi connectivity index (χ4n) is 1.32. The van der Waals surface area contributed by atoms with Gasteiger partial charge in [0.05, 0.1) is 0 Å². The van der Waals surface area contributed by atoms with Gasteiger partial charge in [-0.3, -0.25) is 4.98 Å². The maximum absolute atomic E-state index is 5.55. The zero-order valence-corrected chi connectivity index (χ0v) is 7.36. The third-order valence-corrected chi connectivity index (χ3v) is 1.97. The van der Waals surface area contributed by atoms with Crippen LogP contribution in [0.3, 0.4) is 0 Å². The second-order valence-electron chi connectivity index (χ2n) is 2.99. The van der Waals surface area contributed by atoms with E-state index < -0.39 is 0 Å². The monoisotopic (exact) mass is 176 g/mol. The Kier molecular flexibility index (Phi) is 2.27. The van der Waals surface area contributed by atoms with Crippen LogP contribution in [0, 0.1) is 0 Å². The van der Waals surface area contributed by atoms with Crippen LogP contribution in [0.15, 0.2) is 28.8 Å². The standard InChI is InChI=1S/C10H12N2O/c11-5-1-3-8-7-9-10(13-8)4-2-6-12-9/h2,4,6-7H,1,3,5,11H2. The molecule has 2 heterocycles. The zero-order chi connectivity index (χ0) is 9.10. The van der Waals surface area contributed by atoms with E-state index >= 15 is 0 Å². The van der Waals surface area contributed by atoms with Crippen molar-refractivity contribution in [3.05, 3.63) is 30.2 Å². The summed E-state index contributed by atoms with van der Waals surface area (Å²) >= 11 is 0. The molecule has 0 fully saturated rings. The summed E-state index contributed by atoms with van der Waals surface area (Å²) in [6.07, 6.45) is 3.62. The highest BCUT2D eigenvalue weighted by atomic mass is 16.3. The lowest BCUT2D eigenvalue weighted by atomic mass is 10.2. The zero-order valence-electron chi connectivity index (χ0n) is 7.36. The predicted molar refractivity (Wildman–Crippen MR) is 51.4 cm³/mol. The highest BCUT2D eigenvalue weighted by molar-refractivity contribution is 5.72. The quantitative estimate of drug-likeness (QED) is 0.774. The lowest BCUT2D eigenvalue weighted by Crippen LogP contribution is -1.99. The summed E-state index contributed by atoms with van der Waals surface area (Å²) in [6, 6.07) is 5.78. The molecule has 2 N–H and O–H groups in total. The van der Waals surface area contributed by atoms with E-state index in [1.54, 1.807) is 6.20 Å². The van der Waals surface area contributed by atoms with Gasteiger partial charge in [-0.2, -0.15) is 0 Å². The average Bonchev–Trinajstić information content (AvgIpc) is 2.57. The van der Waals surface area contributed by atoms with Gasteiger partial charge in [-0.1, -0.05) is 0 Å². The number of aryl methyl sites for hydroxylation is 1. The molecular weight excluding hydrogens is 164 g/mol. The molecule has 0 atom stereocenters. The molecule has 2 rings (SSSR count). The minimum absolute atomic E-state index is 0.699. The number of pyridine rings is 1. The first-order chi connectivity index (χ1) is 6.40. The summed E-state index contributed by atoms with van der Waals surface area (Å²) in [4.78, 5) is 4.18. The van der Waals surface area contributed by atoms with Crippen molar-refractivity contribution >= 4 is 11.1 Å². The fraction of sp³-hybridized carbons (Fsp3) is 0.300. The molecular formula is C10H12N2O. The lowest BCUT2D eigenvalue weighted by Gasteiger charge is -1.90. The van der Waals surface area contributed by atoms with Gasteiger partial charge in [-0.15, -0.1) is 0 Å². The van der Waals surface area contributed by atoms with Gasteiger partial charge < -0.3 is 10.2 Å². The van der Waals surface area contributed by atoms with E-state index in [0.717, 1.165) is 29.7 Å². The van der Waals surface area contributed by atoms with E-state index in [-0.39, 0.29) is 0 Å². The first-order valence-electron chi connectivity index (χ1n) is 4.43. The molecule has 0 unspecified atom stereocenters. The van der Waals surface area contributed by atoms with Gasteiger partial charge in [-0.05, 0) is 25.1 Å². The van der Waals surface area contributed by atoms with E-state index in [4.69, 9.17) is 10.2 Å². The molecule has 0 aliphatic carbocycles. The predicted octanol–water partition coefficient (Wildman–Crippen LogP) is 1.72. The lowest BCUT2D eigenvalue weighted by molar-refractivity contribution is 0.540. The minimum atomic E-state index is 0.699. The summed E-state index contributed by atoms with van der Waals surface area (Å²) in [6.45, 7) is 0.699. The van der Waals surface area contributed by atoms with Crippen molar-refractivity contribution in [1.29, 1.82) is 0 Å². The van der Waals surface area contributed by atoms with Crippen LogP contribution in [0.1, 0.15) is 12.2 Å². The van der Waals surface area contributed by atoms with Gasteiger partial charge in [0.2, 0.25) is 0 Å². The number of aromatic nitrogens is 1. The minimum Gasteiger partial charge on any atom is -0.459 e. The van der Waals surface area contributed by atoms with E-state index in [1.165, 1.54) is 0 Å². The Labute approximate surface area is 76.6 Å². The summed E-state index contributed by atoms with van der Waals surface area (Å²) in [7, 11) is 0. The first-order valence-corrected chi connectivity index (χ1v) is 4.43. The molecule has 0 aromatic carbocycles. The van der Waals surface area contributed by atoms with Crippen molar-refractivity contribution in [2.45, 2.75) is 12.8 Å². The van der Waals surface area contributed by atoms with E-state index in [2.05, 4.69) is 4.98 Å². The Balaban J connectivity index is 2.28. The van der Waals surface area contributed by atoms with Crippen molar-refractivity contribution in [3.63, 3.8) is 0 Å². The van der Waals surface area contributed by atoms with Gasteiger partial charge in [-0.25, -0.2) is 0 Å². The molecule has 0 saturated carbocycles. The largest absolute Gasteiger partial charge is 0.459 e. The molecule has 0 saturated heterocycles. The molecule has 3 nitrogen and oxygen atoms in total. The molecule has 0 amide bonds. The van der Waals surface area contributed by atoms with Crippen molar-refractivity contribution in [3.8, 4) is 0 Å². The molecule has 2 aromatic heterocycles. The molecule has 0 bridgehead atoms. The highest BCUT2D eigenvalue weighted by Crippen LogP contribution is 2.17. The molecule has 3 heteroatoms. The van der Waals surface area contributed by atoms with Crippen molar-refractivity contribution in [2.75, 3.05) is 6.54 Å². The van der Waals surface area contributed by atoms with Crippen LogP contribution in [-0.4, -0.2) is 11.5 Å². The van der Waals surface area contributed by atoms with Gasteiger partial charge in [0, 0.05) is 18.7 Å². The third-order valence-electron chi connectivity index (χ3n) is 1.97. The van der Waals surface area contributed by atoms with Crippen molar-refractivity contribution < 1.29 is 4.42 Å². The third kappa shape index (κ3) is 1.70. The Morgan fingerprint density at radius 3 is 3.15 bits per heavy atom. The fourth-order valence-corrected chi connectivity index (χ4v) is 1.32.